The summed E-state index contributed by atoms with van der Waals surface area (Å²) in [6.07, 6.45) is 6.37. The van der Waals surface area contributed by atoms with Crippen LogP contribution in [0.5, 0.6) is 0 Å². The van der Waals surface area contributed by atoms with Crippen LogP contribution in [-0.2, 0) is 17.6 Å². The number of hydrogen-bond donors (Lipinski definition) is 2. The van der Waals surface area contributed by atoms with Gasteiger partial charge in [0.05, 0.1) is 11.4 Å². The lowest BCUT2D eigenvalue weighted by atomic mass is 10.0. The first kappa shape index (κ1) is 17.0. The number of rotatable bonds is 6. The zero-order valence-corrected chi connectivity index (χ0v) is 15.3. The third-order valence-electron chi connectivity index (χ3n) is 5.46. The minimum atomic E-state index is -0.0942. The van der Waals surface area contributed by atoms with Crippen LogP contribution >= 0.6 is 0 Å². The Morgan fingerprint density at radius 3 is 2.81 bits per heavy atom. The number of hydrogen-bond acceptors (Lipinski definition) is 4. The van der Waals surface area contributed by atoms with Crippen molar-refractivity contribution in [2.24, 2.45) is 5.92 Å². The van der Waals surface area contributed by atoms with E-state index in [2.05, 4.69) is 20.4 Å². The number of fused-ring (bicyclic) bond motifs is 1. The maximum absolute atomic E-state index is 12.6. The average molecular weight is 355 g/mol. The maximum atomic E-state index is 12.6. The van der Waals surface area contributed by atoms with Gasteiger partial charge in [-0.3, -0.25) is 14.6 Å². The van der Waals surface area contributed by atoms with Crippen LogP contribution in [0.4, 0.5) is 5.82 Å². The Balaban J connectivity index is 1.72. The lowest BCUT2D eigenvalue weighted by molar-refractivity contribution is -0.120. The molecule has 2 aromatic rings. The lowest BCUT2D eigenvalue weighted by Crippen LogP contribution is -2.24. The molecule has 1 amide bonds. The maximum Gasteiger partial charge on any atom is 0.255 e. The Bertz CT molecular complexity index is 890. The first-order chi connectivity index (χ1) is 12.6. The van der Waals surface area contributed by atoms with Gasteiger partial charge in [-0.2, -0.15) is 9.78 Å². The van der Waals surface area contributed by atoms with Crippen molar-refractivity contribution in [3.05, 3.63) is 33.4 Å². The Morgan fingerprint density at radius 2 is 2.12 bits per heavy atom. The molecule has 1 saturated carbocycles. The van der Waals surface area contributed by atoms with Gasteiger partial charge in [-0.15, -0.1) is 0 Å². The van der Waals surface area contributed by atoms with Crippen molar-refractivity contribution in [3.8, 4) is 5.95 Å². The highest BCUT2D eigenvalue weighted by molar-refractivity contribution is 5.92. The van der Waals surface area contributed by atoms with Crippen LogP contribution in [0.1, 0.15) is 68.8 Å². The van der Waals surface area contributed by atoms with E-state index in [1.165, 1.54) is 0 Å². The van der Waals surface area contributed by atoms with E-state index in [0.29, 0.717) is 17.7 Å². The summed E-state index contributed by atoms with van der Waals surface area (Å²) < 4.78 is 1.59. The molecule has 2 heterocycles. The van der Waals surface area contributed by atoms with Gasteiger partial charge in [-0.05, 0) is 44.9 Å². The van der Waals surface area contributed by atoms with Crippen LogP contribution in [0.15, 0.2) is 10.9 Å². The molecule has 0 aliphatic heterocycles. The Hall–Kier alpha value is -2.44. The number of amides is 1. The van der Waals surface area contributed by atoms with Crippen LogP contribution in [0, 0.1) is 5.92 Å². The number of anilines is 1. The zero-order valence-electron chi connectivity index (χ0n) is 15.3. The Morgan fingerprint density at radius 1 is 1.35 bits per heavy atom. The molecule has 0 atom stereocenters. The van der Waals surface area contributed by atoms with Gasteiger partial charge in [0.15, 0.2) is 0 Å². The first-order valence-electron chi connectivity index (χ1n) is 9.64. The standard InChI is InChI=1S/C19H25N5O2/c1-3-11(4-2)17(25)21-16-10-15(12-8-9-12)23-24(16)19-20-14-7-5-6-13(14)18(26)22-19/h10-12H,3-9H2,1-2H3,(H,21,25)(H,20,22,26). The van der Waals surface area contributed by atoms with Crippen LogP contribution in [0.2, 0.25) is 0 Å². The van der Waals surface area contributed by atoms with Gasteiger partial charge in [0.25, 0.3) is 5.56 Å². The van der Waals surface area contributed by atoms with Gasteiger partial charge in [0.1, 0.15) is 5.82 Å². The molecule has 7 heteroatoms. The van der Waals surface area contributed by atoms with E-state index in [9.17, 15) is 9.59 Å². The predicted molar refractivity (Wildman–Crippen MR) is 98.7 cm³/mol. The fourth-order valence-electron chi connectivity index (χ4n) is 3.65. The van der Waals surface area contributed by atoms with E-state index in [0.717, 1.165) is 61.9 Å². The number of aromatic amines is 1. The van der Waals surface area contributed by atoms with Gasteiger partial charge in [0, 0.05) is 23.5 Å². The third-order valence-corrected chi connectivity index (χ3v) is 5.46. The van der Waals surface area contributed by atoms with Crippen molar-refractivity contribution < 1.29 is 4.79 Å². The molecule has 2 aromatic heterocycles. The molecule has 0 bridgehead atoms. The third kappa shape index (κ3) is 3.06. The summed E-state index contributed by atoms with van der Waals surface area (Å²) in [4.78, 5) is 32.4. The molecule has 138 valence electrons. The largest absolute Gasteiger partial charge is 0.310 e. The SMILES string of the molecule is CCC(CC)C(=O)Nc1cc(C2CC2)nn1-c1nc2c(c(=O)[nH]1)CCC2. The summed E-state index contributed by atoms with van der Waals surface area (Å²) in [7, 11) is 0. The number of carbonyl (C=O) groups excluding carboxylic acids is 1. The van der Waals surface area contributed by atoms with Crippen molar-refractivity contribution in [1.82, 2.24) is 19.7 Å². The second-order valence-electron chi connectivity index (χ2n) is 7.31. The average Bonchev–Trinajstić information content (AvgIpc) is 3.21. The molecule has 0 saturated heterocycles. The molecule has 1 fully saturated rings. The number of aromatic nitrogens is 4. The number of carbonyl (C=O) groups is 1. The smallest absolute Gasteiger partial charge is 0.255 e. The highest BCUT2D eigenvalue weighted by atomic mass is 16.2. The number of nitrogens with one attached hydrogen (secondary N) is 2. The van der Waals surface area contributed by atoms with Crippen LogP contribution in [0.3, 0.4) is 0 Å². The first-order valence-corrected chi connectivity index (χ1v) is 9.64. The molecule has 2 aliphatic carbocycles. The van der Waals surface area contributed by atoms with Gasteiger partial charge >= 0.3 is 0 Å². The summed E-state index contributed by atoms with van der Waals surface area (Å²) in [5, 5.41) is 7.64. The predicted octanol–water partition coefficient (Wildman–Crippen LogP) is 2.70. The molecule has 4 rings (SSSR count). The summed E-state index contributed by atoms with van der Waals surface area (Å²) in [6.45, 7) is 4.03. The number of nitrogens with zero attached hydrogens (tertiary/aromatic N) is 3. The number of H-pyrrole nitrogens is 1. The van der Waals surface area contributed by atoms with E-state index >= 15 is 0 Å². The van der Waals surface area contributed by atoms with E-state index < -0.39 is 0 Å². The molecule has 7 nitrogen and oxygen atoms in total. The zero-order chi connectivity index (χ0) is 18.3. The molecule has 0 spiro atoms. The second kappa shape index (κ2) is 6.70. The van der Waals surface area contributed by atoms with E-state index in [1.807, 2.05) is 19.9 Å². The fraction of sp³-hybridized carbons (Fsp3) is 0.579. The minimum Gasteiger partial charge on any atom is -0.310 e. The van der Waals surface area contributed by atoms with E-state index in [1.54, 1.807) is 4.68 Å². The fourth-order valence-corrected chi connectivity index (χ4v) is 3.65. The molecule has 26 heavy (non-hydrogen) atoms. The normalized spacial score (nSPS) is 16.1. The highest BCUT2D eigenvalue weighted by Gasteiger charge is 2.29. The lowest BCUT2D eigenvalue weighted by Gasteiger charge is -2.13. The molecule has 2 N–H and O–H groups in total. The summed E-state index contributed by atoms with van der Waals surface area (Å²) in [5.41, 5.74) is 2.49. The van der Waals surface area contributed by atoms with Gasteiger partial charge < -0.3 is 5.32 Å². The van der Waals surface area contributed by atoms with Crippen LogP contribution < -0.4 is 10.9 Å². The minimum absolute atomic E-state index is 0.0120. The molecule has 2 aliphatic rings. The van der Waals surface area contributed by atoms with Gasteiger partial charge in [-0.1, -0.05) is 13.8 Å². The van der Waals surface area contributed by atoms with Crippen molar-refractivity contribution in [1.29, 1.82) is 0 Å². The summed E-state index contributed by atoms with van der Waals surface area (Å²) in [6, 6.07) is 1.92. The van der Waals surface area contributed by atoms with Crippen LogP contribution in [-0.4, -0.2) is 25.7 Å². The van der Waals surface area contributed by atoms with Crippen molar-refractivity contribution in [2.45, 2.75) is 64.7 Å². The monoisotopic (exact) mass is 355 g/mol. The molecule has 0 radical (unpaired) electrons. The quantitative estimate of drug-likeness (QED) is 0.833. The second-order valence-corrected chi connectivity index (χ2v) is 7.31. The Kier molecular flexibility index (Phi) is 4.38. The van der Waals surface area contributed by atoms with E-state index in [-0.39, 0.29) is 17.4 Å². The Labute approximate surface area is 152 Å². The van der Waals surface area contributed by atoms with E-state index in [4.69, 9.17) is 0 Å². The number of aryl methyl sites for hydroxylation is 1. The molecular weight excluding hydrogens is 330 g/mol. The summed E-state index contributed by atoms with van der Waals surface area (Å²) in [5.74, 6) is 1.38. The van der Waals surface area contributed by atoms with Crippen LogP contribution in [0.25, 0.3) is 5.95 Å². The molecule has 0 unspecified atom stereocenters. The van der Waals surface area contributed by atoms with Crippen molar-refractivity contribution >= 4 is 11.7 Å². The van der Waals surface area contributed by atoms with Gasteiger partial charge in [-0.25, -0.2) is 4.98 Å². The highest BCUT2D eigenvalue weighted by Crippen LogP contribution is 2.40. The molecule has 0 aromatic carbocycles. The summed E-state index contributed by atoms with van der Waals surface area (Å²) >= 11 is 0. The van der Waals surface area contributed by atoms with Crippen molar-refractivity contribution in [3.63, 3.8) is 0 Å². The van der Waals surface area contributed by atoms with Crippen molar-refractivity contribution in [2.75, 3.05) is 5.32 Å². The van der Waals surface area contributed by atoms with Gasteiger partial charge in [0.2, 0.25) is 11.9 Å². The topological polar surface area (TPSA) is 92.7 Å². The molecular formula is C19H25N5O2.